The normalized spacial score (nSPS) is 48.5. The Hall–Kier alpha value is -0.910. The second-order valence-electron chi connectivity index (χ2n) is 12.3. The van der Waals surface area contributed by atoms with Gasteiger partial charge in [-0.2, -0.15) is 0 Å². The number of carbonyl (C=O) groups excluding carboxylic acids is 1. The third-order valence-electron chi connectivity index (χ3n) is 9.72. The highest BCUT2D eigenvalue weighted by Gasteiger charge is 2.61. The Kier molecular flexibility index (Phi) is 7.32. The Morgan fingerprint density at radius 2 is 1.77 bits per heavy atom. The van der Waals surface area contributed by atoms with Gasteiger partial charge in [-0.3, -0.25) is 4.79 Å². The van der Waals surface area contributed by atoms with Gasteiger partial charge in [0, 0.05) is 17.3 Å². The molecule has 35 heavy (non-hydrogen) atoms. The zero-order valence-electron chi connectivity index (χ0n) is 21.1. The summed E-state index contributed by atoms with van der Waals surface area (Å²) in [6.07, 6.45) is -3.09. The molecule has 0 radical (unpaired) electrons. The lowest BCUT2D eigenvalue weighted by molar-refractivity contribution is -0.320. The lowest BCUT2D eigenvalue weighted by Gasteiger charge is -2.61. The first-order valence-electron chi connectivity index (χ1n) is 12.8. The van der Waals surface area contributed by atoms with Crippen LogP contribution in [0.25, 0.3) is 0 Å². The summed E-state index contributed by atoms with van der Waals surface area (Å²) in [6, 6.07) is 0. The Morgan fingerprint density at radius 3 is 2.40 bits per heavy atom. The molecule has 3 aliphatic carbocycles. The molecule has 0 spiro atoms. The second kappa shape index (κ2) is 9.44. The summed E-state index contributed by atoms with van der Waals surface area (Å²) in [5.74, 6) is 0.226. The van der Waals surface area contributed by atoms with E-state index in [4.69, 9.17) is 9.47 Å². The van der Waals surface area contributed by atoms with Crippen LogP contribution in [0.2, 0.25) is 0 Å². The molecular formula is C26H42O9. The van der Waals surface area contributed by atoms with Crippen LogP contribution in [0.4, 0.5) is 0 Å². The van der Waals surface area contributed by atoms with Crippen molar-refractivity contribution in [2.24, 2.45) is 28.1 Å². The van der Waals surface area contributed by atoms with Crippen LogP contribution >= 0.6 is 0 Å². The molecule has 9 nitrogen and oxygen atoms in total. The van der Waals surface area contributed by atoms with Crippen molar-refractivity contribution < 1.29 is 44.9 Å². The van der Waals surface area contributed by atoms with Crippen molar-refractivity contribution >= 4 is 5.78 Å². The maximum Gasteiger partial charge on any atom is 0.187 e. The molecule has 4 rings (SSSR count). The first kappa shape index (κ1) is 27.1. The minimum Gasteiger partial charge on any atom is -0.394 e. The summed E-state index contributed by atoms with van der Waals surface area (Å²) in [5, 5.41) is 60.1. The molecule has 2 saturated carbocycles. The lowest BCUT2D eigenvalue weighted by Crippen LogP contribution is -2.64. The largest absolute Gasteiger partial charge is 0.394 e. The van der Waals surface area contributed by atoms with E-state index in [1.165, 1.54) is 5.57 Å². The fourth-order valence-electron chi connectivity index (χ4n) is 7.69. The number of hydrogen-bond acceptors (Lipinski definition) is 9. The van der Waals surface area contributed by atoms with Gasteiger partial charge in [0.15, 0.2) is 12.1 Å². The molecule has 9 heteroatoms. The van der Waals surface area contributed by atoms with E-state index in [1.54, 1.807) is 0 Å². The predicted octanol–water partition coefficient (Wildman–Crippen LogP) is 0.283. The van der Waals surface area contributed by atoms with E-state index >= 15 is 0 Å². The number of carbonyl (C=O) groups is 1. The monoisotopic (exact) mass is 498 g/mol. The van der Waals surface area contributed by atoms with Crippen molar-refractivity contribution in [1.82, 2.24) is 0 Å². The number of fused-ring (bicyclic) bond motifs is 3. The van der Waals surface area contributed by atoms with Crippen LogP contribution in [0.3, 0.4) is 0 Å². The molecule has 0 bridgehead atoms. The summed E-state index contributed by atoms with van der Waals surface area (Å²) >= 11 is 0. The summed E-state index contributed by atoms with van der Waals surface area (Å²) in [6.45, 7) is 7.30. The van der Waals surface area contributed by atoms with Crippen molar-refractivity contribution in [3.63, 3.8) is 0 Å². The highest BCUT2D eigenvalue weighted by molar-refractivity contribution is 5.86. The van der Waals surface area contributed by atoms with Crippen LogP contribution in [0.1, 0.15) is 59.8 Å². The summed E-state index contributed by atoms with van der Waals surface area (Å²) in [7, 11) is 0. The molecular weight excluding hydrogens is 456 g/mol. The Morgan fingerprint density at radius 1 is 1.09 bits per heavy atom. The average molecular weight is 499 g/mol. The maximum absolute atomic E-state index is 13.6. The highest BCUT2D eigenvalue weighted by Crippen LogP contribution is 2.63. The quantitative estimate of drug-likeness (QED) is 0.231. The van der Waals surface area contributed by atoms with Gasteiger partial charge in [-0.25, -0.2) is 0 Å². The van der Waals surface area contributed by atoms with Gasteiger partial charge in [-0.15, -0.1) is 0 Å². The molecule has 200 valence electrons. The van der Waals surface area contributed by atoms with Crippen LogP contribution < -0.4 is 0 Å². The first-order chi connectivity index (χ1) is 16.3. The van der Waals surface area contributed by atoms with Gasteiger partial charge in [-0.05, 0) is 42.9 Å². The van der Waals surface area contributed by atoms with E-state index in [9.17, 15) is 35.4 Å². The number of ketones is 1. The number of aliphatic hydroxyl groups excluding tert-OH is 6. The third-order valence-corrected chi connectivity index (χ3v) is 9.72. The molecule has 11 atom stereocenters. The van der Waals surface area contributed by atoms with Gasteiger partial charge in [-0.1, -0.05) is 39.3 Å². The Bertz CT molecular complexity index is 841. The van der Waals surface area contributed by atoms with Crippen molar-refractivity contribution in [3.05, 3.63) is 11.6 Å². The van der Waals surface area contributed by atoms with Crippen LogP contribution in [-0.4, -0.2) is 92.5 Å². The summed E-state index contributed by atoms with van der Waals surface area (Å²) in [4.78, 5) is 13.6. The maximum atomic E-state index is 13.6. The minimum atomic E-state index is -1.56. The minimum absolute atomic E-state index is 0.101. The number of allylic oxidation sites excluding steroid dienone is 1. The molecule has 0 amide bonds. The van der Waals surface area contributed by atoms with Crippen LogP contribution in [0.15, 0.2) is 11.6 Å². The zero-order valence-corrected chi connectivity index (χ0v) is 21.1. The standard InChI is InChI=1S/C26H42O9/c1-24(2)17-6-5-13-9-25(3,18(30)12-28)8-7-14(13)26(17,4)10-15(29)22(24)35-23-21(33)20(32)19(31)16(11-27)34-23/h9,14,16-23,27-28,30-33H,5-8,10-12H2,1-4H3/t14-,16-,17-,18+,19-,20+,21-,22-,23-,25+,26+/m1/s1. The highest BCUT2D eigenvalue weighted by atomic mass is 16.7. The number of ether oxygens (including phenoxy) is 2. The fourth-order valence-corrected chi connectivity index (χ4v) is 7.69. The van der Waals surface area contributed by atoms with Gasteiger partial charge in [0.05, 0.1) is 19.3 Å². The predicted molar refractivity (Wildman–Crippen MR) is 125 cm³/mol. The molecule has 0 aromatic rings. The van der Waals surface area contributed by atoms with Gasteiger partial charge in [0.2, 0.25) is 0 Å². The van der Waals surface area contributed by atoms with E-state index in [-0.39, 0.29) is 29.6 Å². The van der Waals surface area contributed by atoms with Crippen LogP contribution in [0.5, 0.6) is 0 Å². The fraction of sp³-hybridized carbons (Fsp3) is 0.885. The third kappa shape index (κ3) is 4.32. The van der Waals surface area contributed by atoms with Crippen molar-refractivity contribution in [1.29, 1.82) is 0 Å². The van der Waals surface area contributed by atoms with Crippen molar-refractivity contribution in [3.8, 4) is 0 Å². The van der Waals surface area contributed by atoms with E-state index in [0.717, 1.165) is 25.7 Å². The second-order valence-corrected chi connectivity index (χ2v) is 12.3. The molecule has 0 unspecified atom stereocenters. The van der Waals surface area contributed by atoms with Gasteiger partial charge >= 0.3 is 0 Å². The molecule has 0 aromatic carbocycles. The zero-order chi connectivity index (χ0) is 25.9. The van der Waals surface area contributed by atoms with Crippen LogP contribution in [-0.2, 0) is 14.3 Å². The molecule has 1 aliphatic heterocycles. The van der Waals surface area contributed by atoms with E-state index < -0.39 is 60.4 Å². The van der Waals surface area contributed by atoms with E-state index in [2.05, 4.69) is 13.0 Å². The van der Waals surface area contributed by atoms with E-state index in [1.807, 2.05) is 20.8 Å². The number of rotatable bonds is 5. The smallest absolute Gasteiger partial charge is 0.187 e. The molecule has 3 fully saturated rings. The Labute approximate surface area is 206 Å². The Balaban J connectivity index is 1.58. The molecule has 1 heterocycles. The molecule has 0 aromatic heterocycles. The van der Waals surface area contributed by atoms with Crippen LogP contribution in [0, 0.1) is 28.1 Å². The van der Waals surface area contributed by atoms with Gasteiger partial charge in [0.1, 0.15) is 30.5 Å². The summed E-state index contributed by atoms with van der Waals surface area (Å²) in [5.41, 5.74) is -0.125. The number of Topliss-reactive ketones (excluding diaryl/α,β-unsaturated/α-hetero) is 1. The van der Waals surface area contributed by atoms with Gasteiger partial charge < -0.3 is 40.1 Å². The topological polar surface area (TPSA) is 157 Å². The lowest BCUT2D eigenvalue weighted by atomic mass is 9.44. The molecule has 1 saturated heterocycles. The number of aliphatic hydroxyl groups is 6. The van der Waals surface area contributed by atoms with E-state index in [0.29, 0.717) is 6.42 Å². The van der Waals surface area contributed by atoms with Crippen molar-refractivity contribution in [2.75, 3.05) is 13.2 Å². The summed E-state index contributed by atoms with van der Waals surface area (Å²) < 4.78 is 11.6. The van der Waals surface area contributed by atoms with Gasteiger partial charge in [0.25, 0.3) is 0 Å². The number of hydrogen-bond donors (Lipinski definition) is 6. The first-order valence-corrected chi connectivity index (χ1v) is 12.8. The SMILES string of the molecule is CC1(C)[C@H](O[C@H]2O[C@H](CO)[C@@H](O)[C@H](O)[C@H]2O)C(=O)C[C@@]2(C)[C@@H]3CC[C@](C)([C@@H](O)CO)C=C3CC[C@H]12. The molecule has 4 aliphatic rings. The van der Waals surface area contributed by atoms with Crippen molar-refractivity contribution in [2.45, 2.75) is 103 Å². The molecule has 6 N–H and O–H groups in total. The average Bonchev–Trinajstić information content (AvgIpc) is 2.80.